The van der Waals surface area contributed by atoms with Gasteiger partial charge in [0.25, 0.3) is 0 Å². The van der Waals surface area contributed by atoms with E-state index in [9.17, 15) is 4.79 Å². The van der Waals surface area contributed by atoms with Crippen molar-refractivity contribution in [3.8, 4) is 11.5 Å². The van der Waals surface area contributed by atoms with Crippen LogP contribution in [-0.2, 0) is 17.8 Å². The molecule has 1 unspecified atom stereocenters. The number of hydrogen-bond donors (Lipinski definition) is 2. The van der Waals surface area contributed by atoms with E-state index >= 15 is 0 Å². The highest BCUT2D eigenvalue weighted by Crippen LogP contribution is 2.33. The molecule has 2 N–H and O–H groups in total. The van der Waals surface area contributed by atoms with Gasteiger partial charge in [-0.25, -0.2) is 0 Å². The number of carbonyl (C=O) groups is 1. The molecule has 0 saturated heterocycles. The van der Waals surface area contributed by atoms with Gasteiger partial charge < -0.3 is 24.7 Å². The first-order chi connectivity index (χ1) is 14.5. The first kappa shape index (κ1) is 20.3. The molecule has 0 spiro atoms. The van der Waals surface area contributed by atoms with Gasteiger partial charge in [-0.2, -0.15) is 0 Å². The maximum Gasteiger partial charge on any atom is 0.236 e. The van der Waals surface area contributed by atoms with Crippen molar-refractivity contribution >= 4 is 16.8 Å². The van der Waals surface area contributed by atoms with E-state index in [0.29, 0.717) is 24.6 Å². The van der Waals surface area contributed by atoms with Crippen LogP contribution in [0, 0.1) is 6.92 Å². The van der Waals surface area contributed by atoms with Gasteiger partial charge in [-0.3, -0.25) is 4.79 Å². The molecule has 4 rings (SSSR count). The van der Waals surface area contributed by atoms with E-state index in [0.717, 1.165) is 29.6 Å². The van der Waals surface area contributed by atoms with Gasteiger partial charge in [-0.05, 0) is 43.2 Å². The average Bonchev–Trinajstić information content (AvgIpc) is 3.14. The van der Waals surface area contributed by atoms with Crippen LogP contribution in [0.4, 0.5) is 0 Å². The number of H-pyrrole nitrogens is 1. The molecule has 1 aliphatic rings. The highest BCUT2D eigenvalue weighted by Gasteiger charge is 2.24. The third-order valence-electron chi connectivity index (χ3n) is 6.03. The van der Waals surface area contributed by atoms with Crippen LogP contribution in [0.25, 0.3) is 10.9 Å². The number of nitrogens with one attached hydrogen (secondary N) is 2. The molecule has 158 valence electrons. The van der Waals surface area contributed by atoms with Crippen LogP contribution in [0.3, 0.4) is 0 Å². The number of benzene rings is 2. The Morgan fingerprint density at radius 2 is 1.93 bits per heavy atom. The lowest BCUT2D eigenvalue weighted by Crippen LogP contribution is -2.41. The Bertz CT molecular complexity index is 1070. The summed E-state index contributed by atoms with van der Waals surface area (Å²) in [7, 11) is 3.27. The van der Waals surface area contributed by atoms with Crippen LogP contribution < -0.4 is 14.8 Å². The zero-order valence-electron chi connectivity index (χ0n) is 18.0. The van der Waals surface area contributed by atoms with E-state index in [-0.39, 0.29) is 11.9 Å². The van der Waals surface area contributed by atoms with Crippen molar-refractivity contribution in [2.75, 3.05) is 27.3 Å². The third-order valence-corrected chi connectivity index (χ3v) is 6.03. The highest BCUT2D eigenvalue weighted by molar-refractivity contribution is 5.86. The Kier molecular flexibility index (Phi) is 5.68. The molecule has 30 heavy (non-hydrogen) atoms. The number of aromatic nitrogens is 1. The molecule has 0 fully saturated rings. The average molecular weight is 408 g/mol. The molecule has 1 atom stereocenters. The molecule has 0 radical (unpaired) electrons. The molecule has 2 heterocycles. The number of hydrogen-bond acceptors (Lipinski definition) is 4. The second-order valence-electron chi connectivity index (χ2n) is 7.86. The van der Waals surface area contributed by atoms with Gasteiger partial charge in [0.15, 0.2) is 11.5 Å². The lowest BCUT2D eigenvalue weighted by Gasteiger charge is -2.28. The van der Waals surface area contributed by atoms with Crippen molar-refractivity contribution in [3.63, 3.8) is 0 Å². The molecule has 1 amide bonds. The summed E-state index contributed by atoms with van der Waals surface area (Å²) in [6, 6.07) is 12.3. The maximum atomic E-state index is 12.9. The molecular weight excluding hydrogens is 378 g/mol. The van der Waals surface area contributed by atoms with Crippen LogP contribution in [0.1, 0.15) is 35.3 Å². The predicted molar refractivity (Wildman–Crippen MR) is 118 cm³/mol. The number of fused-ring (bicyclic) bond motifs is 3. The number of amides is 1. The van der Waals surface area contributed by atoms with E-state index in [4.69, 9.17) is 9.47 Å². The van der Waals surface area contributed by atoms with E-state index in [1.165, 1.54) is 16.6 Å². The quantitative estimate of drug-likeness (QED) is 0.653. The summed E-state index contributed by atoms with van der Waals surface area (Å²) >= 11 is 0. The van der Waals surface area contributed by atoms with Crippen molar-refractivity contribution in [3.05, 3.63) is 58.8 Å². The zero-order valence-corrected chi connectivity index (χ0v) is 18.0. The fourth-order valence-electron chi connectivity index (χ4n) is 4.30. The fraction of sp³-hybridized carbons (Fsp3) is 0.375. The van der Waals surface area contributed by atoms with Crippen molar-refractivity contribution < 1.29 is 14.3 Å². The molecule has 1 aromatic heterocycles. The Morgan fingerprint density at radius 1 is 1.20 bits per heavy atom. The summed E-state index contributed by atoms with van der Waals surface area (Å²) in [5.74, 6) is 1.53. The summed E-state index contributed by atoms with van der Waals surface area (Å²) in [4.78, 5) is 18.4. The predicted octanol–water partition coefficient (Wildman–Crippen LogP) is 3.73. The minimum absolute atomic E-state index is 0.0159. The van der Waals surface area contributed by atoms with Gasteiger partial charge in [-0.15, -0.1) is 0 Å². The first-order valence-corrected chi connectivity index (χ1v) is 10.3. The van der Waals surface area contributed by atoms with Crippen LogP contribution in [0.15, 0.2) is 36.4 Å². The van der Waals surface area contributed by atoms with Crippen molar-refractivity contribution in [2.45, 2.75) is 32.9 Å². The molecule has 6 nitrogen and oxygen atoms in total. The third kappa shape index (κ3) is 3.75. The maximum absolute atomic E-state index is 12.9. The molecule has 6 heteroatoms. The van der Waals surface area contributed by atoms with Gasteiger partial charge in [0.1, 0.15) is 0 Å². The molecule has 3 aromatic rings. The molecule has 0 saturated carbocycles. The summed E-state index contributed by atoms with van der Waals surface area (Å²) in [6.07, 6.45) is 0.861. The summed E-state index contributed by atoms with van der Waals surface area (Å²) in [5.41, 5.74) is 5.84. The monoisotopic (exact) mass is 407 g/mol. The lowest BCUT2D eigenvalue weighted by molar-refractivity contribution is -0.131. The minimum atomic E-state index is 0.0159. The highest BCUT2D eigenvalue weighted by atomic mass is 16.5. The normalized spacial score (nSPS) is 14.5. The second kappa shape index (κ2) is 8.40. The van der Waals surface area contributed by atoms with Crippen LogP contribution >= 0.6 is 0 Å². The number of methoxy groups -OCH3 is 2. The summed E-state index contributed by atoms with van der Waals surface area (Å²) in [5, 5.41) is 4.60. The van der Waals surface area contributed by atoms with Crippen molar-refractivity contribution in [1.29, 1.82) is 0 Å². The molecule has 0 bridgehead atoms. The number of para-hydroxylation sites is 1. The van der Waals surface area contributed by atoms with Crippen LogP contribution in [0.5, 0.6) is 11.5 Å². The van der Waals surface area contributed by atoms with Gasteiger partial charge in [0.05, 0.1) is 20.8 Å². The topological polar surface area (TPSA) is 66.6 Å². The zero-order chi connectivity index (χ0) is 21.3. The molecule has 1 aliphatic heterocycles. The number of ether oxygens (including phenoxy) is 2. The van der Waals surface area contributed by atoms with E-state index < -0.39 is 0 Å². The van der Waals surface area contributed by atoms with Crippen molar-refractivity contribution in [1.82, 2.24) is 15.2 Å². The van der Waals surface area contributed by atoms with E-state index in [1.54, 1.807) is 14.2 Å². The number of aryl methyl sites for hydroxylation is 1. The van der Waals surface area contributed by atoms with E-state index in [2.05, 4.69) is 29.4 Å². The number of carbonyl (C=O) groups excluding carboxylic acids is 1. The van der Waals surface area contributed by atoms with Crippen LogP contribution in [-0.4, -0.2) is 43.1 Å². The van der Waals surface area contributed by atoms with Gasteiger partial charge in [0, 0.05) is 47.7 Å². The van der Waals surface area contributed by atoms with Gasteiger partial charge in [0.2, 0.25) is 5.91 Å². The Balaban J connectivity index is 1.43. The lowest BCUT2D eigenvalue weighted by atomic mass is 10.0. The standard InChI is InChI=1S/C24H29N3O3/c1-15-11-22(29-3)23(30-4)12-18(15)16(2)25-13-24(28)27-10-9-21-19(14-27)17-7-5-6-8-20(17)26-21/h5-8,11-12,16,25-26H,9-10,13-14H2,1-4H3. The molecule has 2 aromatic carbocycles. The smallest absolute Gasteiger partial charge is 0.236 e. The Morgan fingerprint density at radius 3 is 2.70 bits per heavy atom. The molecular formula is C24H29N3O3. The molecule has 0 aliphatic carbocycles. The second-order valence-corrected chi connectivity index (χ2v) is 7.86. The number of nitrogens with zero attached hydrogens (tertiary/aromatic N) is 1. The SMILES string of the molecule is COc1cc(C)c(C(C)NCC(=O)N2CCc3[nH]c4ccccc4c3C2)cc1OC. The Labute approximate surface area is 177 Å². The van der Waals surface area contributed by atoms with Gasteiger partial charge in [-0.1, -0.05) is 18.2 Å². The Hall–Kier alpha value is -2.99. The summed E-state index contributed by atoms with van der Waals surface area (Å²) in [6.45, 7) is 5.80. The number of aromatic amines is 1. The van der Waals surface area contributed by atoms with E-state index in [1.807, 2.05) is 36.1 Å². The largest absolute Gasteiger partial charge is 0.493 e. The minimum Gasteiger partial charge on any atom is -0.493 e. The first-order valence-electron chi connectivity index (χ1n) is 10.3. The fourth-order valence-corrected chi connectivity index (χ4v) is 4.30. The van der Waals surface area contributed by atoms with Gasteiger partial charge >= 0.3 is 0 Å². The number of rotatable bonds is 6. The van der Waals surface area contributed by atoms with Crippen LogP contribution in [0.2, 0.25) is 0 Å². The summed E-state index contributed by atoms with van der Waals surface area (Å²) < 4.78 is 10.8. The van der Waals surface area contributed by atoms with Crippen molar-refractivity contribution in [2.24, 2.45) is 0 Å².